The standard InChI is InChI=1S/C18H28BrN5O4S/c1-13(2)16(12-26)23-18(19)7-9-20-17(24-18)22-14-5-3-6-15(11-14)29(27,28)21-8-4-10-25/h3,5-7,9,11,13,16,21,23,25-26H,4,8,10,12H2,1-2H3,(H2,20,22,24)/t16-,18?/m0/s1. The summed E-state index contributed by atoms with van der Waals surface area (Å²) in [6, 6.07) is 6.18. The van der Waals surface area contributed by atoms with Crippen molar-refractivity contribution in [3.63, 3.8) is 0 Å². The molecule has 0 radical (unpaired) electrons. The molecule has 2 rings (SSSR count). The van der Waals surface area contributed by atoms with Gasteiger partial charge in [-0.15, -0.1) is 0 Å². The van der Waals surface area contributed by atoms with Gasteiger partial charge in [0, 0.05) is 31.1 Å². The second-order valence-electron chi connectivity index (χ2n) is 6.92. The highest BCUT2D eigenvalue weighted by molar-refractivity contribution is 9.10. The molecule has 0 saturated heterocycles. The number of sulfonamides is 1. The van der Waals surface area contributed by atoms with Gasteiger partial charge in [0.15, 0.2) is 4.57 Å². The van der Waals surface area contributed by atoms with E-state index >= 15 is 0 Å². The van der Waals surface area contributed by atoms with Crippen LogP contribution < -0.4 is 20.7 Å². The fourth-order valence-corrected chi connectivity index (χ4v) is 4.26. The Kier molecular flexibility index (Phi) is 8.61. The molecule has 1 aromatic rings. The molecular formula is C18H28BrN5O4S. The first-order chi connectivity index (χ1) is 13.7. The predicted octanol–water partition coefficient (Wildman–Crippen LogP) is 0.887. The number of alkyl halides is 1. The number of aliphatic hydroxyl groups is 2. The number of aliphatic hydroxyl groups excluding tert-OH is 2. The van der Waals surface area contributed by atoms with Crippen molar-refractivity contribution in [2.45, 2.75) is 35.8 Å². The smallest absolute Gasteiger partial charge is 0.240 e. The molecule has 11 heteroatoms. The second-order valence-corrected chi connectivity index (χ2v) is 9.89. The lowest BCUT2D eigenvalue weighted by Gasteiger charge is -2.31. The summed E-state index contributed by atoms with van der Waals surface area (Å²) in [6.07, 6.45) is 3.81. The molecule has 9 nitrogen and oxygen atoms in total. The Bertz CT molecular complexity index is 846. The van der Waals surface area contributed by atoms with Gasteiger partial charge in [-0.3, -0.25) is 5.32 Å². The summed E-state index contributed by atoms with van der Waals surface area (Å²) in [7, 11) is -3.67. The molecule has 1 aromatic carbocycles. The average Bonchev–Trinajstić information content (AvgIpc) is 2.66. The monoisotopic (exact) mass is 489 g/mol. The lowest BCUT2D eigenvalue weighted by atomic mass is 10.1. The highest BCUT2D eigenvalue weighted by Crippen LogP contribution is 2.23. The van der Waals surface area contributed by atoms with Gasteiger partial charge in [0.2, 0.25) is 16.0 Å². The molecule has 0 bridgehead atoms. The van der Waals surface area contributed by atoms with Crippen LogP contribution in [0.25, 0.3) is 0 Å². The lowest BCUT2D eigenvalue weighted by molar-refractivity contribution is 0.202. The van der Waals surface area contributed by atoms with E-state index in [0.717, 1.165) is 0 Å². The van der Waals surface area contributed by atoms with Crippen LogP contribution in [0.2, 0.25) is 0 Å². The van der Waals surface area contributed by atoms with Gasteiger partial charge in [0.05, 0.1) is 11.5 Å². The number of hydrogen-bond donors (Lipinski definition) is 6. The summed E-state index contributed by atoms with van der Waals surface area (Å²) in [6.45, 7) is 4.04. The van der Waals surface area contributed by atoms with Crippen molar-refractivity contribution >= 4 is 37.6 Å². The van der Waals surface area contributed by atoms with Crippen LogP contribution in [0.3, 0.4) is 0 Å². The average molecular weight is 490 g/mol. The van der Waals surface area contributed by atoms with E-state index in [-0.39, 0.29) is 36.6 Å². The van der Waals surface area contributed by atoms with Crippen LogP contribution >= 0.6 is 15.9 Å². The van der Waals surface area contributed by atoms with Crippen molar-refractivity contribution in [1.29, 1.82) is 0 Å². The quantitative estimate of drug-likeness (QED) is 0.163. The molecule has 1 aliphatic rings. The van der Waals surface area contributed by atoms with E-state index in [1.165, 1.54) is 12.1 Å². The van der Waals surface area contributed by atoms with E-state index in [9.17, 15) is 13.5 Å². The number of anilines is 1. The van der Waals surface area contributed by atoms with Crippen LogP contribution in [0, 0.1) is 5.92 Å². The molecule has 6 N–H and O–H groups in total. The SMILES string of the molecule is CC(C)[C@H](CO)NC1(Br)C=CNC(Nc2cccc(S(=O)(=O)NCCCO)c2)=N1. The Morgan fingerprint density at radius 3 is 2.72 bits per heavy atom. The normalized spacial score (nSPS) is 20.3. The molecule has 2 atom stereocenters. The number of nitrogens with one attached hydrogen (secondary N) is 4. The third kappa shape index (κ3) is 7.05. The number of rotatable bonds is 10. The summed E-state index contributed by atoms with van der Waals surface area (Å²) >= 11 is 3.54. The van der Waals surface area contributed by atoms with Gasteiger partial charge < -0.3 is 20.8 Å². The Balaban J connectivity index is 2.14. The third-order valence-corrected chi connectivity index (χ3v) is 6.35. The number of benzene rings is 1. The van der Waals surface area contributed by atoms with E-state index in [1.807, 2.05) is 13.8 Å². The predicted molar refractivity (Wildman–Crippen MR) is 117 cm³/mol. The molecule has 29 heavy (non-hydrogen) atoms. The third-order valence-electron chi connectivity index (χ3n) is 4.22. The molecule has 162 valence electrons. The molecule has 0 amide bonds. The van der Waals surface area contributed by atoms with Gasteiger partial charge in [-0.05, 0) is 52.5 Å². The molecule has 0 fully saturated rings. The molecule has 0 saturated carbocycles. The van der Waals surface area contributed by atoms with Crippen molar-refractivity contribution in [2.24, 2.45) is 10.9 Å². The van der Waals surface area contributed by atoms with Crippen molar-refractivity contribution < 1.29 is 18.6 Å². The molecule has 0 aliphatic carbocycles. The van der Waals surface area contributed by atoms with Gasteiger partial charge in [0.1, 0.15) is 0 Å². The number of hydrogen-bond acceptors (Lipinski definition) is 8. The van der Waals surface area contributed by atoms with Crippen LogP contribution in [0.5, 0.6) is 0 Å². The summed E-state index contributed by atoms with van der Waals surface area (Å²) in [5, 5.41) is 27.7. The van der Waals surface area contributed by atoms with Crippen molar-refractivity contribution in [1.82, 2.24) is 15.4 Å². The summed E-state index contributed by atoms with van der Waals surface area (Å²) < 4.78 is 26.2. The Labute approximate surface area is 179 Å². The van der Waals surface area contributed by atoms with E-state index in [0.29, 0.717) is 18.1 Å². The fraction of sp³-hybridized carbons (Fsp3) is 0.500. The maximum atomic E-state index is 12.4. The Morgan fingerprint density at radius 1 is 1.31 bits per heavy atom. The topological polar surface area (TPSA) is 135 Å². The molecule has 0 spiro atoms. The second kappa shape index (κ2) is 10.5. The maximum Gasteiger partial charge on any atom is 0.240 e. The van der Waals surface area contributed by atoms with E-state index in [1.54, 1.807) is 24.4 Å². The van der Waals surface area contributed by atoms with Crippen LogP contribution in [-0.2, 0) is 10.0 Å². The van der Waals surface area contributed by atoms with E-state index in [4.69, 9.17) is 5.11 Å². The largest absolute Gasteiger partial charge is 0.396 e. The first-order valence-corrected chi connectivity index (χ1v) is 11.6. The van der Waals surface area contributed by atoms with Gasteiger partial charge in [-0.25, -0.2) is 18.1 Å². The highest BCUT2D eigenvalue weighted by atomic mass is 79.9. The minimum absolute atomic E-state index is 0.0340. The lowest BCUT2D eigenvalue weighted by Crippen LogP contribution is -2.50. The molecule has 1 aliphatic heterocycles. The van der Waals surface area contributed by atoms with Crippen LogP contribution in [0.15, 0.2) is 46.4 Å². The van der Waals surface area contributed by atoms with Crippen LogP contribution in [0.1, 0.15) is 20.3 Å². The minimum Gasteiger partial charge on any atom is -0.396 e. The van der Waals surface area contributed by atoms with Gasteiger partial charge in [0.25, 0.3) is 0 Å². The summed E-state index contributed by atoms with van der Waals surface area (Å²) in [4.78, 5) is 4.65. The highest BCUT2D eigenvalue weighted by Gasteiger charge is 2.30. The number of nitrogens with zero attached hydrogens (tertiary/aromatic N) is 1. The molecule has 1 unspecified atom stereocenters. The van der Waals surface area contributed by atoms with Crippen LogP contribution in [0.4, 0.5) is 5.69 Å². The van der Waals surface area contributed by atoms with Crippen molar-refractivity contribution in [2.75, 3.05) is 25.1 Å². The first-order valence-electron chi connectivity index (χ1n) is 9.28. The zero-order chi connectivity index (χ0) is 21.5. The number of guanidine groups is 1. The zero-order valence-corrected chi connectivity index (χ0v) is 18.8. The van der Waals surface area contributed by atoms with Crippen molar-refractivity contribution in [3.05, 3.63) is 36.5 Å². The van der Waals surface area contributed by atoms with Gasteiger partial charge >= 0.3 is 0 Å². The van der Waals surface area contributed by atoms with E-state index < -0.39 is 14.6 Å². The van der Waals surface area contributed by atoms with Gasteiger partial charge in [-0.2, -0.15) is 0 Å². The number of aliphatic imine (C=N–C) groups is 1. The first kappa shape index (κ1) is 23.8. The Hall–Kier alpha value is -1.50. The maximum absolute atomic E-state index is 12.4. The molecular weight excluding hydrogens is 462 g/mol. The minimum atomic E-state index is -3.67. The summed E-state index contributed by atoms with van der Waals surface area (Å²) in [5.41, 5.74) is 0.536. The number of halogens is 1. The van der Waals surface area contributed by atoms with E-state index in [2.05, 4.69) is 41.6 Å². The Morgan fingerprint density at radius 2 is 2.07 bits per heavy atom. The van der Waals surface area contributed by atoms with Crippen LogP contribution in [-0.4, -0.2) is 55.0 Å². The summed E-state index contributed by atoms with van der Waals surface area (Å²) in [5.74, 6) is 0.602. The molecule has 1 heterocycles. The van der Waals surface area contributed by atoms with Crippen molar-refractivity contribution in [3.8, 4) is 0 Å². The molecule has 0 aromatic heterocycles. The fourth-order valence-electron chi connectivity index (χ4n) is 2.54. The zero-order valence-electron chi connectivity index (χ0n) is 16.4. The van der Waals surface area contributed by atoms with Gasteiger partial charge in [-0.1, -0.05) is 19.9 Å².